The van der Waals surface area contributed by atoms with Gasteiger partial charge in [-0.3, -0.25) is 5.10 Å². The van der Waals surface area contributed by atoms with E-state index in [1.807, 2.05) is 7.05 Å². The summed E-state index contributed by atoms with van der Waals surface area (Å²) in [6.07, 6.45) is 1.59. The van der Waals surface area contributed by atoms with Crippen molar-refractivity contribution in [3.63, 3.8) is 0 Å². The molecule has 0 radical (unpaired) electrons. The third-order valence-corrected chi connectivity index (χ3v) is 6.30. The number of aromatic amines is 1. The summed E-state index contributed by atoms with van der Waals surface area (Å²) in [6.45, 7) is 2.94. The highest BCUT2D eigenvalue weighted by Crippen LogP contribution is 2.29. The molecule has 2 aromatic rings. The Labute approximate surface area is 140 Å². The molecule has 2 aliphatic heterocycles. The minimum Gasteiger partial charge on any atom is -0.442 e. The first-order valence-corrected chi connectivity index (χ1v) is 9.36. The van der Waals surface area contributed by atoms with Crippen LogP contribution in [0.4, 0.5) is 0 Å². The van der Waals surface area contributed by atoms with E-state index in [1.165, 1.54) is 6.07 Å². The summed E-state index contributed by atoms with van der Waals surface area (Å²) in [4.78, 5) is 2.17. The Balaban J connectivity index is 1.67. The van der Waals surface area contributed by atoms with Gasteiger partial charge in [-0.15, -0.1) is 0 Å². The van der Waals surface area contributed by atoms with Crippen molar-refractivity contribution in [2.24, 2.45) is 5.92 Å². The Morgan fingerprint density at radius 3 is 2.88 bits per heavy atom. The summed E-state index contributed by atoms with van der Waals surface area (Å²) >= 11 is 0. The zero-order valence-corrected chi connectivity index (χ0v) is 14.2. The summed E-state index contributed by atoms with van der Waals surface area (Å²) in [7, 11) is -1.69. The molecule has 4 heterocycles. The van der Waals surface area contributed by atoms with Crippen LogP contribution in [0.15, 0.2) is 33.9 Å². The molecule has 2 aliphatic rings. The topological polar surface area (TPSA) is 91.7 Å². The Kier molecular flexibility index (Phi) is 3.95. The van der Waals surface area contributed by atoms with E-state index >= 15 is 0 Å². The lowest BCUT2D eigenvalue weighted by Crippen LogP contribution is -2.45. The SMILES string of the molecule is CN1C[C@@H]2COC[C@H](C1)N(S(=O)(=O)c1ccc(-c3ccn[nH]3)o1)C2. The van der Waals surface area contributed by atoms with E-state index < -0.39 is 10.0 Å². The molecule has 24 heavy (non-hydrogen) atoms. The summed E-state index contributed by atoms with van der Waals surface area (Å²) in [6, 6.07) is 4.68. The highest BCUT2D eigenvalue weighted by atomic mass is 32.2. The lowest BCUT2D eigenvalue weighted by Gasteiger charge is -2.28. The summed E-state index contributed by atoms with van der Waals surface area (Å²) in [5, 5.41) is 6.59. The van der Waals surface area contributed by atoms with Crippen LogP contribution >= 0.6 is 0 Å². The van der Waals surface area contributed by atoms with Crippen LogP contribution in [0.2, 0.25) is 0 Å². The molecular weight excluding hydrogens is 332 g/mol. The molecule has 0 unspecified atom stereocenters. The van der Waals surface area contributed by atoms with E-state index in [-0.39, 0.29) is 17.1 Å². The second-order valence-electron chi connectivity index (χ2n) is 6.44. The van der Waals surface area contributed by atoms with E-state index in [4.69, 9.17) is 9.15 Å². The van der Waals surface area contributed by atoms with Crippen LogP contribution in [0, 0.1) is 5.92 Å². The Bertz CT molecular complexity index is 801. The van der Waals surface area contributed by atoms with Gasteiger partial charge in [0, 0.05) is 31.7 Å². The maximum absolute atomic E-state index is 13.1. The van der Waals surface area contributed by atoms with E-state index in [0.29, 0.717) is 37.8 Å². The van der Waals surface area contributed by atoms with Crippen molar-refractivity contribution in [2.45, 2.75) is 11.1 Å². The van der Waals surface area contributed by atoms with Gasteiger partial charge in [0.05, 0.1) is 19.3 Å². The first-order valence-electron chi connectivity index (χ1n) is 7.92. The van der Waals surface area contributed by atoms with Gasteiger partial charge in [0.25, 0.3) is 10.0 Å². The van der Waals surface area contributed by atoms with Crippen molar-refractivity contribution >= 4 is 10.0 Å². The number of furan rings is 1. The average molecular weight is 352 g/mol. The smallest absolute Gasteiger partial charge is 0.276 e. The lowest BCUT2D eigenvalue weighted by atomic mass is 10.1. The van der Waals surface area contributed by atoms with Gasteiger partial charge in [0.15, 0.2) is 5.76 Å². The molecule has 4 rings (SSSR count). The molecule has 2 saturated heterocycles. The van der Waals surface area contributed by atoms with Gasteiger partial charge >= 0.3 is 0 Å². The predicted molar refractivity (Wildman–Crippen MR) is 85.8 cm³/mol. The van der Waals surface area contributed by atoms with Crippen LogP contribution in [-0.4, -0.2) is 73.8 Å². The number of ether oxygens (including phenoxy) is 1. The van der Waals surface area contributed by atoms with Gasteiger partial charge < -0.3 is 14.1 Å². The molecule has 1 N–H and O–H groups in total. The number of H-pyrrole nitrogens is 1. The quantitative estimate of drug-likeness (QED) is 0.871. The first-order chi connectivity index (χ1) is 11.5. The fourth-order valence-electron chi connectivity index (χ4n) is 3.45. The van der Waals surface area contributed by atoms with E-state index in [9.17, 15) is 8.42 Å². The molecule has 9 heteroatoms. The number of aromatic nitrogens is 2. The summed E-state index contributed by atoms with van der Waals surface area (Å²) in [5.41, 5.74) is 0.647. The van der Waals surface area contributed by atoms with Gasteiger partial charge in [-0.05, 0) is 25.2 Å². The number of rotatable bonds is 3. The highest BCUT2D eigenvalue weighted by Gasteiger charge is 2.40. The molecular formula is C15H20N4O4S. The van der Waals surface area contributed by atoms with Gasteiger partial charge in [0.2, 0.25) is 5.09 Å². The average Bonchev–Trinajstić information content (AvgIpc) is 3.14. The number of hydrogen-bond acceptors (Lipinski definition) is 6. The van der Waals surface area contributed by atoms with E-state index in [0.717, 1.165) is 6.54 Å². The number of fused-ring (bicyclic) bond motifs is 3. The molecule has 2 bridgehead atoms. The molecule has 2 aromatic heterocycles. The number of sulfonamides is 1. The monoisotopic (exact) mass is 352 g/mol. The van der Waals surface area contributed by atoms with Crippen molar-refractivity contribution in [2.75, 3.05) is 39.9 Å². The lowest BCUT2D eigenvalue weighted by molar-refractivity contribution is 0.0658. The van der Waals surface area contributed by atoms with Crippen molar-refractivity contribution < 1.29 is 17.6 Å². The molecule has 8 nitrogen and oxygen atoms in total. The summed E-state index contributed by atoms with van der Waals surface area (Å²) in [5.74, 6) is 0.622. The standard InChI is InChI=1S/C15H20N4O4S/c1-18-6-11-7-19(12(8-18)10-22-9-11)24(20,21)15-3-2-14(23-15)13-4-5-16-17-13/h2-5,11-12H,6-10H2,1H3,(H,16,17)/t11-,12-/m0/s1. The number of likely N-dealkylation sites (N-methyl/N-ethyl adjacent to an activating group) is 1. The van der Waals surface area contributed by atoms with Crippen molar-refractivity contribution in [3.05, 3.63) is 24.4 Å². The highest BCUT2D eigenvalue weighted by molar-refractivity contribution is 7.89. The van der Waals surface area contributed by atoms with Gasteiger partial charge in [-0.25, -0.2) is 8.42 Å². The minimum atomic E-state index is -3.71. The van der Waals surface area contributed by atoms with Crippen molar-refractivity contribution in [1.82, 2.24) is 19.4 Å². The fraction of sp³-hybridized carbons (Fsp3) is 0.533. The van der Waals surface area contributed by atoms with Crippen LogP contribution < -0.4 is 0 Å². The summed E-state index contributed by atoms with van der Waals surface area (Å²) < 4.78 is 39.0. The van der Waals surface area contributed by atoms with Crippen LogP contribution in [0.25, 0.3) is 11.5 Å². The van der Waals surface area contributed by atoms with Crippen molar-refractivity contribution in [1.29, 1.82) is 0 Å². The maximum Gasteiger partial charge on any atom is 0.276 e. The molecule has 0 amide bonds. The minimum absolute atomic E-state index is 0.0395. The third-order valence-electron chi connectivity index (χ3n) is 4.51. The van der Waals surface area contributed by atoms with Crippen LogP contribution in [0.5, 0.6) is 0 Å². The Hall–Kier alpha value is -1.68. The van der Waals surface area contributed by atoms with Gasteiger partial charge in [-0.2, -0.15) is 9.40 Å². The molecule has 2 fully saturated rings. The molecule has 0 saturated carbocycles. The number of nitrogens with one attached hydrogen (secondary N) is 1. The second kappa shape index (κ2) is 5.99. The molecule has 0 spiro atoms. The third kappa shape index (κ3) is 2.77. The first kappa shape index (κ1) is 15.8. The van der Waals surface area contributed by atoms with Gasteiger partial charge in [0.1, 0.15) is 5.69 Å². The molecule has 0 aliphatic carbocycles. The molecule has 2 atom stereocenters. The normalized spacial score (nSPS) is 26.4. The zero-order chi connectivity index (χ0) is 16.7. The zero-order valence-electron chi connectivity index (χ0n) is 13.4. The van der Waals surface area contributed by atoms with E-state index in [2.05, 4.69) is 15.1 Å². The maximum atomic E-state index is 13.1. The second-order valence-corrected chi connectivity index (χ2v) is 8.26. The Morgan fingerprint density at radius 1 is 1.21 bits per heavy atom. The molecule has 0 aromatic carbocycles. The number of hydrogen-bond donors (Lipinski definition) is 1. The van der Waals surface area contributed by atoms with Crippen LogP contribution in [-0.2, 0) is 14.8 Å². The number of nitrogens with zero attached hydrogens (tertiary/aromatic N) is 3. The van der Waals surface area contributed by atoms with E-state index in [1.54, 1.807) is 22.6 Å². The van der Waals surface area contributed by atoms with Crippen molar-refractivity contribution in [3.8, 4) is 11.5 Å². The van der Waals surface area contributed by atoms with Crippen LogP contribution in [0.3, 0.4) is 0 Å². The largest absolute Gasteiger partial charge is 0.442 e. The molecule has 130 valence electrons. The predicted octanol–water partition coefficient (Wildman–Crippen LogP) is 0.621. The Morgan fingerprint density at radius 2 is 2.08 bits per heavy atom. The van der Waals surface area contributed by atoms with Gasteiger partial charge in [-0.1, -0.05) is 0 Å². The fourth-order valence-corrected chi connectivity index (χ4v) is 5.04. The van der Waals surface area contributed by atoms with Crippen LogP contribution in [0.1, 0.15) is 0 Å².